The van der Waals surface area contributed by atoms with Gasteiger partial charge in [0.2, 0.25) is 0 Å². The summed E-state index contributed by atoms with van der Waals surface area (Å²) in [5.41, 5.74) is 4.82. The minimum Gasteiger partial charge on any atom is -0.0616 e. The summed E-state index contributed by atoms with van der Waals surface area (Å²) in [4.78, 5) is 0. The molecule has 0 saturated carbocycles. The molecular weight excluding hydrogens is 472 g/mol. The van der Waals surface area contributed by atoms with Crippen molar-refractivity contribution in [3.05, 3.63) is 106 Å². The highest BCUT2D eigenvalue weighted by Crippen LogP contribution is 2.43. The molecule has 0 fully saturated rings. The second-order valence-corrected chi connectivity index (χ2v) is 8.61. The van der Waals surface area contributed by atoms with Crippen LogP contribution in [0, 0.1) is 0 Å². The number of benzene rings is 5. The lowest BCUT2D eigenvalue weighted by atomic mass is 9.92. The smallest absolute Gasteiger partial charge is 0.0260 e. The Morgan fingerprint density at radius 2 is 0.786 bits per heavy atom. The van der Waals surface area contributed by atoms with Crippen LogP contribution in [0.1, 0.15) is 0 Å². The minimum atomic E-state index is 1.09. The highest BCUT2D eigenvalue weighted by molar-refractivity contribution is 9.11. The Balaban J connectivity index is 1.79. The largest absolute Gasteiger partial charge is 0.0616 e. The molecule has 0 heterocycles. The van der Waals surface area contributed by atoms with Crippen LogP contribution in [0.3, 0.4) is 0 Å². The molecule has 5 aromatic carbocycles. The summed E-state index contributed by atoms with van der Waals surface area (Å²) in [6.45, 7) is 0. The molecule has 0 saturated heterocycles. The highest BCUT2D eigenvalue weighted by atomic mass is 79.9. The van der Waals surface area contributed by atoms with Crippen LogP contribution in [0.25, 0.3) is 43.8 Å². The maximum Gasteiger partial charge on any atom is 0.0260 e. The fourth-order valence-corrected chi connectivity index (χ4v) is 4.92. The fraction of sp³-hybridized carbons (Fsp3) is 0. The zero-order valence-corrected chi connectivity index (χ0v) is 18.2. The summed E-state index contributed by atoms with van der Waals surface area (Å²) in [6.07, 6.45) is 0. The van der Waals surface area contributed by atoms with E-state index in [1.165, 1.54) is 43.8 Å². The maximum atomic E-state index is 3.81. The molecule has 0 spiro atoms. The maximum absolute atomic E-state index is 3.81. The van der Waals surface area contributed by atoms with Crippen molar-refractivity contribution in [2.75, 3.05) is 0 Å². The average molecular weight is 488 g/mol. The highest BCUT2D eigenvalue weighted by Gasteiger charge is 2.15. The van der Waals surface area contributed by atoms with E-state index in [2.05, 4.69) is 129 Å². The zero-order valence-electron chi connectivity index (χ0n) is 15.0. The Bertz CT molecular complexity index is 1230. The van der Waals surface area contributed by atoms with E-state index >= 15 is 0 Å². The predicted molar refractivity (Wildman–Crippen MR) is 128 cm³/mol. The van der Waals surface area contributed by atoms with Crippen molar-refractivity contribution in [1.29, 1.82) is 0 Å². The van der Waals surface area contributed by atoms with Gasteiger partial charge in [-0.3, -0.25) is 0 Å². The van der Waals surface area contributed by atoms with Crippen LogP contribution in [-0.2, 0) is 0 Å². The molecule has 0 atom stereocenters. The molecule has 0 N–H and O–H groups in total. The molecule has 5 aromatic rings. The van der Waals surface area contributed by atoms with E-state index in [-0.39, 0.29) is 0 Å². The minimum absolute atomic E-state index is 1.09. The normalized spacial score (nSPS) is 11.2. The summed E-state index contributed by atoms with van der Waals surface area (Å²) in [5.74, 6) is 0. The van der Waals surface area contributed by atoms with Crippen molar-refractivity contribution in [1.82, 2.24) is 0 Å². The zero-order chi connectivity index (χ0) is 19.1. The van der Waals surface area contributed by atoms with Crippen molar-refractivity contribution in [3.8, 4) is 22.3 Å². The van der Waals surface area contributed by atoms with Gasteiger partial charge in [0.25, 0.3) is 0 Å². The molecule has 2 heteroatoms. The Morgan fingerprint density at radius 1 is 0.393 bits per heavy atom. The van der Waals surface area contributed by atoms with E-state index < -0.39 is 0 Å². The van der Waals surface area contributed by atoms with Gasteiger partial charge in [-0.2, -0.15) is 0 Å². The molecule has 134 valence electrons. The third-order valence-electron chi connectivity index (χ3n) is 5.18. The summed E-state index contributed by atoms with van der Waals surface area (Å²) in [6, 6.07) is 34.5. The molecule has 0 aliphatic rings. The second-order valence-electron chi connectivity index (χ2n) is 6.90. The van der Waals surface area contributed by atoms with Crippen molar-refractivity contribution in [3.63, 3.8) is 0 Å². The number of hydrogen-bond acceptors (Lipinski definition) is 0. The van der Waals surface area contributed by atoms with Gasteiger partial charge >= 0.3 is 0 Å². The van der Waals surface area contributed by atoms with Crippen LogP contribution in [0.4, 0.5) is 0 Å². The van der Waals surface area contributed by atoms with Crippen molar-refractivity contribution < 1.29 is 0 Å². The summed E-state index contributed by atoms with van der Waals surface area (Å²) >= 11 is 7.62. The Morgan fingerprint density at radius 3 is 1.21 bits per heavy atom. The Hall–Kier alpha value is -2.42. The summed E-state index contributed by atoms with van der Waals surface area (Å²) in [7, 11) is 0. The third-order valence-corrected chi connectivity index (χ3v) is 6.50. The molecule has 0 bridgehead atoms. The second kappa shape index (κ2) is 7.20. The SMILES string of the molecule is Brc1ccc(Br)c(-c2ccc3ccccc3c2)c1-c1ccc2ccccc2c1. The van der Waals surface area contributed by atoms with E-state index in [1.807, 2.05) is 0 Å². The van der Waals surface area contributed by atoms with E-state index in [4.69, 9.17) is 0 Å². The molecule has 0 amide bonds. The fourth-order valence-electron chi connectivity index (χ4n) is 3.81. The van der Waals surface area contributed by atoms with Crippen LogP contribution in [0.2, 0.25) is 0 Å². The van der Waals surface area contributed by atoms with Gasteiger partial charge in [0.05, 0.1) is 0 Å². The number of halogens is 2. The average Bonchev–Trinajstić information content (AvgIpc) is 2.74. The predicted octanol–water partition coefficient (Wildman–Crippen LogP) is 8.85. The van der Waals surface area contributed by atoms with Crippen molar-refractivity contribution in [2.45, 2.75) is 0 Å². The van der Waals surface area contributed by atoms with Gasteiger partial charge in [-0.1, -0.05) is 105 Å². The van der Waals surface area contributed by atoms with E-state index in [9.17, 15) is 0 Å². The molecule has 28 heavy (non-hydrogen) atoms. The topological polar surface area (TPSA) is 0 Å². The van der Waals surface area contributed by atoms with Crippen molar-refractivity contribution >= 4 is 53.4 Å². The molecule has 0 unspecified atom stereocenters. The molecule has 0 radical (unpaired) electrons. The number of hydrogen-bond donors (Lipinski definition) is 0. The molecule has 0 nitrogen and oxygen atoms in total. The molecular formula is C26H16Br2. The molecule has 0 aliphatic heterocycles. The lowest BCUT2D eigenvalue weighted by Gasteiger charge is -2.16. The first kappa shape index (κ1) is 17.7. The Labute approximate surface area is 181 Å². The van der Waals surface area contributed by atoms with E-state index in [0.29, 0.717) is 0 Å². The standard InChI is InChI=1S/C26H16Br2/c27-23-13-14-24(28)26(22-12-10-18-6-2-4-8-20(18)16-22)25(23)21-11-9-17-5-1-3-7-19(17)15-21/h1-16H. The molecule has 5 rings (SSSR count). The van der Waals surface area contributed by atoms with Crippen molar-refractivity contribution in [2.24, 2.45) is 0 Å². The molecule has 0 aliphatic carbocycles. The Kier molecular flexibility index (Phi) is 4.54. The first-order valence-electron chi connectivity index (χ1n) is 9.17. The third kappa shape index (κ3) is 3.07. The van der Waals surface area contributed by atoms with Gasteiger partial charge in [0.15, 0.2) is 0 Å². The van der Waals surface area contributed by atoms with Gasteiger partial charge in [-0.25, -0.2) is 0 Å². The monoisotopic (exact) mass is 486 g/mol. The summed E-state index contributed by atoms with van der Waals surface area (Å²) in [5, 5.41) is 5.00. The first-order valence-corrected chi connectivity index (χ1v) is 10.8. The number of rotatable bonds is 2. The van der Waals surface area contributed by atoms with Gasteiger partial charge in [-0.15, -0.1) is 0 Å². The van der Waals surface area contributed by atoms with Crippen LogP contribution < -0.4 is 0 Å². The molecule has 0 aromatic heterocycles. The quantitative estimate of drug-likeness (QED) is 0.233. The van der Waals surface area contributed by atoms with Crippen LogP contribution in [-0.4, -0.2) is 0 Å². The van der Waals surface area contributed by atoms with Crippen LogP contribution in [0.5, 0.6) is 0 Å². The summed E-state index contributed by atoms with van der Waals surface area (Å²) < 4.78 is 2.18. The van der Waals surface area contributed by atoms with Gasteiger partial charge in [-0.05, 0) is 56.9 Å². The first-order chi connectivity index (χ1) is 13.7. The lowest BCUT2D eigenvalue weighted by molar-refractivity contribution is 1.54. The van der Waals surface area contributed by atoms with Gasteiger partial charge < -0.3 is 0 Å². The van der Waals surface area contributed by atoms with E-state index in [1.54, 1.807) is 0 Å². The van der Waals surface area contributed by atoms with Crippen LogP contribution in [0.15, 0.2) is 106 Å². The van der Waals surface area contributed by atoms with E-state index in [0.717, 1.165) is 8.95 Å². The number of fused-ring (bicyclic) bond motifs is 2. The lowest BCUT2D eigenvalue weighted by Crippen LogP contribution is -1.90. The van der Waals surface area contributed by atoms with Gasteiger partial charge in [0, 0.05) is 20.1 Å². The van der Waals surface area contributed by atoms with Gasteiger partial charge in [0.1, 0.15) is 0 Å². The van der Waals surface area contributed by atoms with Crippen LogP contribution >= 0.6 is 31.9 Å².